The fourth-order valence-corrected chi connectivity index (χ4v) is 3.62. The van der Waals surface area contributed by atoms with Gasteiger partial charge >= 0.3 is 0 Å². The standard InChI is InChI=1S/C14H18BrNO2/c15-11-5-4-10(12-13(11)18-9-17-12)14(8-16)6-2-1-3-7-14/h4-5H,1-3,6-9,16H2. The lowest BCUT2D eigenvalue weighted by Crippen LogP contribution is -2.37. The van der Waals surface area contributed by atoms with Crippen LogP contribution in [0, 0.1) is 0 Å². The molecule has 0 aromatic heterocycles. The number of ether oxygens (including phenoxy) is 2. The number of benzene rings is 1. The summed E-state index contributed by atoms with van der Waals surface area (Å²) in [7, 11) is 0. The summed E-state index contributed by atoms with van der Waals surface area (Å²) in [5, 5.41) is 0. The molecule has 1 aliphatic carbocycles. The van der Waals surface area contributed by atoms with Crippen LogP contribution >= 0.6 is 15.9 Å². The van der Waals surface area contributed by atoms with Crippen LogP contribution in [0.1, 0.15) is 37.7 Å². The number of rotatable bonds is 2. The largest absolute Gasteiger partial charge is 0.453 e. The first-order chi connectivity index (χ1) is 8.77. The lowest BCUT2D eigenvalue weighted by atomic mass is 9.69. The van der Waals surface area contributed by atoms with Gasteiger partial charge < -0.3 is 15.2 Å². The van der Waals surface area contributed by atoms with Gasteiger partial charge in [0.2, 0.25) is 6.79 Å². The van der Waals surface area contributed by atoms with Crippen LogP contribution in [0.2, 0.25) is 0 Å². The zero-order chi connectivity index (χ0) is 12.6. The maximum atomic E-state index is 6.09. The van der Waals surface area contributed by atoms with Crippen LogP contribution in [-0.2, 0) is 5.41 Å². The van der Waals surface area contributed by atoms with E-state index < -0.39 is 0 Å². The summed E-state index contributed by atoms with van der Waals surface area (Å²) in [6, 6.07) is 4.20. The summed E-state index contributed by atoms with van der Waals surface area (Å²) in [5.74, 6) is 1.74. The number of fused-ring (bicyclic) bond motifs is 1. The van der Waals surface area contributed by atoms with Gasteiger partial charge in [0.15, 0.2) is 11.5 Å². The molecule has 1 aromatic carbocycles. The molecule has 0 spiro atoms. The quantitative estimate of drug-likeness (QED) is 0.911. The Labute approximate surface area is 116 Å². The Hall–Kier alpha value is -0.740. The number of nitrogens with two attached hydrogens (primary N) is 1. The predicted molar refractivity (Wildman–Crippen MR) is 74.1 cm³/mol. The Morgan fingerprint density at radius 2 is 1.83 bits per heavy atom. The van der Waals surface area contributed by atoms with Gasteiger partial charge in [0.1, 0.15) is 0 Å². The highest BCUT2D eigenvalue weighted by molar-refractivity contribution is 9.10. The first kappa shape index (κ1) is 12.3. The van der Waals surface area contributed by atoms with Gasteiger partial charge in [0, 0.05) is 17.5 Å². The van der Waals surface area contributed by atoms with Gasteiger partial charge in [-0.05, 0) is 34.8 Å². The van der Waals surface area contributed by atoms with Crippen LogP contribution in [0.3, 0.4) is 0 Å². The third-order valence-corrected chi connectivity index (χ3v) is 4.87. The predicted octanol–water partition coefficient (Wildman–Crippen LogP) is 3.34. The molecule has 0 atom stereocenters. The van der Waals surface area contributed by atoms with Crippen LogP contribution in [0.5, 0.6) is 11.5 Å². The monoisotopic (exact) mass is 311 g/mol. The van der Waals surface area contributed by atoms with E-state index in [1.54, 1.807) is 0 Å². The fraction of sp³-hybridized carbons (Fsp3) is 0.571. The van der Waals surface area contributed by atoms with Crippen molar-refractivity contribution < 1.29 is 9.47 Å². The lowest BCUT2D eigenvalue weighted by Gasteiger charge is -2.37. The molecule has 1 fully saturated rings. The summed E-state index contributed by atoms with van der Waals surface area (Å²) < 4.78 is 12.2. The molecule has 0 radical (unpaired) electrons. The van der Waals surface area contributed by atoms with Crippen molar-refractivity contribution in [2.75, 3.05) is 13.3 Å². The van der Waals surface area contributed by atoms with Crippen molar-refractivity contribution in [1.82, 2.24) is 0 Å². The molecule has 3 nitrogen and oxygen atoms in total. The highest BCUT2D eigenvalue weighted by Gasteiger charge is 2.37. The summed E-state index contributed by atoms with van der Waals surface area (Å²) in [5.41, 5.74) is 7.41. The lowest BCUT2D eigenvalue weighted by molar-refractivity contribution is 0.170. The molecule has 4 heteroatoms. The van der Waals surface area contributed by atoms with E-state index in [9.17, 15) is 0 Å². The van der Waals surface area contributed by atoms with Crippen molar-refractivity contribution in [2.45, 2.75) is 37.5 Å². The third-order valence-electron chi connectivity index (χ3n) is 4.24. The Morgan fingerprint density at radius 3 is 2.56 bits per heavy atom. The molecule has 1 aliphatic heterocycles. The van der Waals surface area contributed by atoms with Gasteiger partial charge in [-0.15, -0.1) is 0 Å². The SMILES string of the molecule is NCC1(c2ccc(Br)c3c2OCO3)CCCCC1. The maximum absolute atomic E-state index is 6.09. The van der Waals surface area contributed by atoms with E-state index in [4.69, 9.17) is 15.2 Å². The minimum atomic E-state index is 0.0801. The van der Waals surface area contributed by atoms with Crippen molar-refractivity contribution in [1.29, 1.82) is 0 Å². The Morgan fingerprint density at radius 1 is 1.11 bits per heavy atom. The van der Waals surface area contributed by atoms with E-state index in [0.29, 0.717) is 13.3 Å². The molecular weight excluding hydrogens is 294 g/mol. The number of hydrogen-bond donors (Lipinski definition) is 1. The van der Waals surface area contributed by atoms with Gasteiger partial charge in [0.05, 0.1) is 4.47 Å². The number of halogens is 1. The molecule has 0 unspecified atom stereocenters. The second-order valence-electron chi connectivity index (χ2n) is 5.20. The molecule has 1 heterocycles. The van der Waals surface area contributed by atoms with Crippen molar-refractivity contribution in [3.05, 3.63) is 22.2 Å². The van der Waals surface area contributed by atoms with Crippen LogP contribution < -0.4 is 15.2 Å². The van der Waals surface area contributed by atoms with Gasteiger partial charge in [-0.25, -0.2) is 0 Å². The zero-order valence-corrected chi connectivity index (χ0v) is 12.0. The van der Waals surface area contributed by atoms with E-state index in [-0.39, 0.29) is 5.41 Å². The molecule has 1 aromatic rings. The smallest absolute Gasteiger partial charge is 0.231 e. The van der Waals surface area contributed by atoms with E-state index in [0.717, 1.165) is 28.8 Å². The zero-order valence-electron chi connectivity index (χ0n) is 10.4. The van der Waals surface area contributed by atoms with Gasteiger partial charge in [-0.1, -0.05) is 25.3 Å². The van der Waals surface area contributed by atoms with Crippen molar-refractivity contribution in [3.8, 4) is 11.5 Å². The summed E-state index contributed by atoms with van der Waals surface area (Å²) in [6.45, 7) is 0.996. The van der Waals surface area contributed by atoms with Crippen LogP contribution in [0.4, 0.5) is 0 Å². The van der Waals surface area contributed by atoms with Crippen molar-refractivity contribution >= 4 is 15.9 Å². The molecule has 98 valence electrons. The Balaban J connectivity index is 2.08. The first-order valence-electron chi connectivity index (χ1n) is 6.55. The summed E-state index contributed by atoms with van der Waals surface area (Å²) >= 11 is 3.51. The van der Waals surface area contributed by atoms with Crippen LogP contribution in [0.15, 0.2) is 16.6 Å². The van der Waals surface area contributed by atoms with Crippen LogP contribution in [0.25, 0.3) is 0 Å². The molecule has 18 heavy (non-hydrogen) atoms. The maximum Gasteiger partial charge on any atom is 0.231 e. The molecule has 2 N–H and O–H groups in total. The molecule has 2 aliphatic rings. The Bertz CT molecular complexity index is 455. The molecule has 0 bridgehead atoms. The van der Waals surface area contributed by atoms with Gasteiger partial charge in [-0.3, -0.25) is 0 Å². The fourth-order valence-electron chi connectivity index (χ4n) is 3.19. The minimum Gasteiger partial charge on any atom is -0.453 e. The topological polar surface area (TPSA) is 44.5 Å². The van der Waals surface area contributed by atoms with Crippen molar-refractivity contribution in [2.24, 2.45) is 5.73 Å². The average molecular weight is 312 g/mol. The Kier molecular flexibility index (Phi) is 3.24. The summed E-state index contributed by atoms with van der Waals surface area (Å²) in [6.07, 6.45) is 6.13. The van der Waals surface area contributed by atoms with E-state index in [1.807, 2.05) is 0 Å². The highest BCUT2D eigenvalue weighted by atomic mass is 79.9. The van der Waals surface area contributed by atoms with Gasteiger partial charge in [0.25, 0.3) is 0 Å². The minimum absolute atomic E-state index is 0.0801. The molecule has 0 saturated heterocycles. The second kappa shape index (κ2) is 4.74. The number of hydrogen-bond acceptors (Lipinski definition) is 3. The normalized spacial score (nSPS) is 21.0. The van der Waals surface area contributed by atoms with E-state index in [2.05, 4.69) is 28.1 Å². The van der Waals surface area contributed by atoms with Crippen LogP contribution in [-0.4, -0.2) is 13.3 Å². The van der Waals surface area contributed by atoms with Gasteiger partial charge in [-0.2, -0.15) is 0 Å². The summed E-state index contributed by atoms with van der Waals surface area (Å²) in [4.78, 5) is 0. The second-order valence-corrected chi connectivity index (χ2v) is 6.06. The average Bonchev–Trinajstić information content (AvgIpc) is 2.90. The molecule has 3 rings (SSSR count). The van der Waals surface area contributed by atoms with E-state index in [1.165, 1.54) is 24.8 Å². The molecule has 0 amide bonds. The third kappa shape index (κ3) is 1.82. The van der Waals surface area contributed by atoms with E-state index >= 15 is 0 Å². The molecule has 1 saturated carbocycles. The highest BCUT2D eigenvalue weighted by Crippen LogP contribution is 2.49. The first-order valence-corrected chi connectivity index (χ1v) is 7.35. The molecular formula is C14H18BrNO2. The van der Waals surface area contributed by atoms with Crippen molar-refractivity contribution in [3.63, 3.8) is 0 Å².